The van der Waals surface area contributed by atoms with Crippen molar-refractivity contribution in [2.75, 3.05) is 43.5 Å². The molecule has 2 fully saturated rings. The van der Waals surface area contributed by atoms with Crippen LogP contribution < -0.4 is 15.0 Å². The van der Waals surface area contributed by atoms with Gasteiger partial charge in [-0.25, -0.2) is 0 Å². The van der Waals surface area contributed by atoms with Gasteiger partial charge in [-0.3, -0.25) is 4.79 Å². The average molecular weight is 448 g/mol. The summed E-state index contributed by atoms with van der Waals surface area (Å²) >= 11 is 0. The molecule has 5 nitrogen and oxygen atoms in total. The van der Waals surface area contributed by atoms with Crippen LogP contribution in [0.25, 0.3) is 0 Å². The molecule has 172 valence electrons. The van der Waals surface area contributed by atoms with Crippen LogP contribution in [0.3, 0.4) is 0 Å². The largest absolute Gasteiger partial charge is 0.497 e. The van der Waals surface area contributed by atoms with Crippen LogP contribution in [0.15, 0.2) is 42.5 Å². The molecule has 2 aromatic carbocycles. The van der Waals surface area contributed by atoms with E-state index in [-0.39, 0.29) is 5.69 Å². The molecule has 0 aliphatic carbocycles. The summed E-state index contributed by atoms with van der Waals surface area (Å²) in [4.78, 5) is 17.1. The fraction of sp³-hybridized carbons (Fsp3) is 0.458. The SMILES string of the molecule is COc1ccc(C(=O)Nc2cc(N3CCC(N4CCCC4)CC3)cc(C(F)(F)F)c2)cc1. The first-order valence-corrected chi connectivity index (χ1v) is 11.0. The number of piperidine rings is 1. The van der Waals surface area contributed by atoms with Crippen LogP contribution in [0, 0.1) is 0 Å². The predicted molar refractivity (Wildman–Crippen MR) is 118 cm³/mol. The number of carbonyl (C=O) groups is 1. The topological polar surface area (TPSA) is 44.8 Å². The monoisotopic (exact) mass is 447 g/mol. The molecule has 8 heteroatoms. The Morgan fingerprint density at radius 2 is 1.66 bits per heavy atom. The van der Waals surface area contributed by atoms with Crippen LogP contribution in [0.5, 0.6) is 5.75 Å². The third-order valence-corrected chi connectivity index (χ3v) is 6.34. The van der Waals surface area contributed by atoms with E-state index in [1.165, 1.54) is 26.0 Å². The van der Waals surface area contributed by atoms with Crippen molar-refractivity contribution in [3.63, 3.8) is 0 Å². The number of hydrogen-bond acceptors (Lipinski definition) is 4. The second-order valence-corrected chi connectivity index (χ2v) is 8.41. The van der Waals surface area contributed by atoms with Gasteiger partial charge in [0.2, 0.25) is 0 Å². The van der Waals surface area contributed by atoms with Crippen molar-refractivity contribution in [2.24, 2.45) is 0 Å². The van der Waals surface area contributed by atoms with Gasteiger partial charge in [0.05, 0.1) is 12.7 Å². The summed E-state index contributed by atoms with van der Waals surface area (Å²) in [5, 5.41) is 2.63. The molecule has 1 amide bonds. The summed E-state index contributed by atoms with van der Waals surface area (Å²) in [6, 6.07) is 10.7. The van der Waals surface area contributed by atoms with Crippen LogP contribution in [0.2, 0.25) is 0 Å². The van der Waals surface area contributed by atoms with E-state index in [2.05, 4.69) is 10.2 Å². The summed E-state index contributed by atoms with van der Waals surface area (Å²) in [5.74, 6) is 0.130. The molecule has 0 aromatic heterocycles. The van der Waals surface area contributed by atoms with Crippen molar-refractivity contribution in [3.8, 4) is 5.75 Å². The van der Waals surface area contributed by atoms with Crippen LogP contribution in [-0.4, -0.2) is 50.1 Å². The van der Waals surface area contributed by atoms with E-state index in [1.807, 2.05) is 4.90 Å². The highest BCUT2D eigenvalue weighted by Gasteiger charge is 2.33. The van der Waals surface area contributed by atoms with Gasteiger partial charge in [0.1, 0.15) is 5.75 Å². The minimum Gasteiger partial charge on any atom is -0.497 e. The van der Waals surface area contributed by atoms with Gasteiger partial charge in [0.15, 0.2) is 0 Å². The number of nitrogens with one attached hydrogen (secondary N) is 1. The number of hydrogen-bond donors (Lipinski definition) is 1. The zero-order chi connectivity index (χ0) is 22.7. The first kappa shape index (κ1) is 22.5. The Labute approximate surface area is 186 Å². The van der Waals surface area contributed by atoms with Crippen molar-refractivity contribution < 1.29 is 22.7 Å². The van der Waals surface area contributed by atoms with E-state index in [9.17, 15) is 18.0 Å². The first-order valence-electron chi connectivity index (χ1n) is 11.0. The highest BCUT2D eigenvalue weighted by atomic mass is 19.4. The van der Waals surface area contributed by atoms with Gasteiger partial charge in [-0.2, -0.15) is 13.2 Å². The predicted octanol–water partition coefficient (Wildman–Crippen LogP) is 5.03. The highest BCUT2D eigenvalue weighted by molar-refractivity contribution is 6.04. The van der Waals surface area contributed by atoms with Crippen molar-refractivity contribution in [1.29, 1.82) is 0 Å². The molecular formula is C24H28F3N3O2. The quantitative estimate of drug-likeness (QED) is 0.698. The molecule has 32 heavy (non-hydrogen) atoms. The standard InChI is InChI=1S/C24H28F3N3O2/c1-32-22-6-4-17(5-7-22)23(31)28-19-14-18(24(25,26)27)15-21(16-19)30-12-8-20(9-13-30)29-10-2-3-11-29/h4-7,14-16,20H,2-3,8-13H2,1H3,(H,28,31). The molecule has 0 unspecified atom stereocenters. The summed E-state index contributed by atoms with van der Waals surface area (Å²) in [6.45, 7) is 3.65. The molecule has 0 atom stereocenters. The van der Waals surface area contributed by atoms with Gasteiger partial charge in [-0.05, 0) is 81.2 Å². The zero-order valence-electron chi connectivity index (χ0n) is 18.1. The Hall–Kier alpha value is -2.74. The van der Waals surface area contributed by atoms with E-state index >= 15 is 0 Å². The van der Waals surface area contributed by atoms with Gasteiger partial charge in [0.25, 0.3) is 5.91 Å². The van der Waals surface area contributed by atoms with Crippen LogP contribution >= 0.6 is 0 Å². The summed E-state index contributed by atoms with van der Waals surface area (Å²) < 4.78 is 45.8. The Morgan fingerprint density at radius 1 is 1.00 bits per heavy atom. The molecule has 2 saturated heterocycles. The Kier molecular flexibility index (Phi) is 6.60. The van der Waals surface area contributed by atoms with E-state index in [0.29, 0.717) is 36.1 Å². The molecule has 1 N–H and O–H groups in total. The van der Waals surface area contributed by atoms with Crippen LogP contribution in [0.1, 0.15) is 41.6 Å². The zero-order valence-corrected chi connectivity index (χ0v) is 18.1. The maximum Gasteiger partial charge on any atom is 0.416 e. The minimum atomic E-state index is -4.50. The number of amides is 1. The van der Waals surface area contributed by atoms with Crippen molar-refractivity contribution in [3.05, 3.63) is 53.6 Å². The molecule has 0 radical (unpaired) electrons. The third kappa shape index (κ3) is 5.18. The number of rotatable bonds is 5. The van der Waals surface area contributed by atoms with E-state index in [0.717, 1.165) is 32.0 Å². The van der Waals surface area contributed by atoms with Gasteiger partial charge < -0.3 is 19.9 Å². The molecule has 2 aliphatic rings. The Balaban J connectivity index is 1.51. The Morgan fingerprint density at radius 3 is 2.25 bits per heavy atom. The van der Waals surface area contributed by atoms with Gasteiger partial charge in [-0.1, -0.05) is 0 Å². The number of benzene rings is 2. The average Bonchev–Trinajstić information content (AvgIpc) is 3.33. The lowest BCUT2D eigenvalue weighted by Gasteiger charge is -2.38. The smallest absolute Gasteiger partial charge is 0.416 e. The molecule has 2 heterocycles. The second kappa shape index (κ2) is 9.40. The second-order valence-electron chi connectivity index (χ2n) is 8.41. The van der Waals surface area contributed by atoms with Gasteiger partial charge in [0, 0.05) is 36.1 Å². The number of anilines is 2. The fourth-order valence-electron chi connectivity index (χ4n) is 4.57. The summed E-state index contributed by atoms with van der Waals surface area (Å²) in [5.41, 5.74) is 0.208. The number of alkyl halides is 3. The van der Waals surface area contributed by atoms with E-state index < -0.39 is 17.6 Å². The number of halogens is 3. The van der Waals surface area contributed by atoms with Gasteiger partial charge in [-0.15, -0.1) is 0 Å². The van der Waals surface area contributed by atoms with Crippen molar-refractivity contribution in [1.82, 2.24) is 4.90 Å². The van der Waals surface area contributed by atoms with Crippen molar-refractivity contribution >= 4 is 17.3 Å². The molecule has 0 bridgehead atoms. The summed E-state index contributed by atoms with van der Waals surface area (Å²) in [6.07, 6.45) is -0.173. The molecule has 4 rings (SSSR count). The number of methoxy groups -OCH3 is 1. The molecule has 0 spiro atoms. The lowest BCUT2D eigenvalue weighted by molar-refractivity contribution is -0.137. The van der Waals surface area contributed by atoms with E-state index in [1.54, 1.807) is 30.3 Å². The molecule has 2 aliphatic heterocycles. The maximum absolute atomic E-state index is 13.6. The lowest BCUT2D eigenvalue weighted by atomic mass is 10.0. The number of likely N-dealkylation sites (tertiary alicyclic amines) is 1. The van der Waals surface area contributed by atoms with Gasteiger partial charge >= 0.3 is 6.18 Å². The van der Waals surface area contributed by atoms with Crippen molar-refractivity contribution in [2.45, 2.75) is 37.9 Å². The van der Waals surface area contributed by atoms with E-state index in [4.69, 9.17) is 4.74 Å². The normalized spacial score (nSPS) is 18.1. The fourth-order valence-corrected chi connectivity index (χ4v) is 4.57. The van der Waals surface area contributed by atoms with Crippen LogP contribution in [0.4, 0.5) is 24.5 Å². The summed E-state index contributed by atoms with van der Waals surface area (Å²) in [7, 11) is 1.52. The number of carbonyl (C=O) groups excluding carboxylic acids is 1. The molecular weight excluding hydrogens is 419 g/mol. The molecule has 2 aromatic rings. The third-order valence-electron chi connectivity index (χ3n) is 6.34. The minimum absolute atomic E-state index is 0.136. The number of nitrogens with zero attached hydrogens (tertiary/aromatic N) is 2. The lowest BCUT2D eigenvalue weighted by Crippen LogP contribution is -2.43. The number of ether oxygens (including phenoxy) is 1. The Bertz CT molecular complexity index is 932. The van der Waals surface area contributed by atoms with Crippen LogP contribution in [-0.2, 0) is 6.18 Å². The molecule has 0 saturated carbocycles. The maximum atomic E-state index is 13.6. The highest BCUT2D eigenvalue weighted by Crippen LogP contribution is 2.36. The first-order chi connectivity index (χ1) is 15.3.